The molecule has 1 fully saturated rings. The van der Waals surface area contributed by atoms with E-state index in [0.29, 0.717) is 42.8 Å². The number of nitrogens with one attached hydrogen (secondary N) is 1. The van der Waals surface area contributed by atoms with Gasteiger partial charge in [-0.2, -0.15) is 4.31 Å². The Morgan fingerprint density at radius 2 is 1.70 bits per heavy atom. The molecule has 9 heteroatoms. The molecule has 1 N–H and O–H groups in total. The second-order valence-corrected chi connectivity index (χ2v) is 9.48. The molecule has 162 valence electrons. The molecular formula is C21H25ClN2O5S. The lowest BCUT2D eigenvalue weighted by molar-refractivity contribution is -0.122. The number of rotatable bonds is 6. The van der Waals surface area contributed by atoms with Crippen molar-refractivity contribution in [3.05, 3.63) is 52.5 Å². The van der Waals surface area contributed by atoms with E-state index >= 15 is 0 Å². The van der Waals surface area contributed by atoms with Crippen LogP contribution >= 0.6 is 11.6 Å². The zero-order chi connectivity index (χ0) is 21.9. The Labute approximate surface area is 182 Å². The molecule has 2 aromatic rings. The number of morpholine rings is 1. The fourth-order valence-corrected chi connectivity index (χ4v) is 4.64. The van der Waals surface area contributed by atoms with Crippen molar-refractivity contribution in [3.8, 4) is 5.75 Å². The van der Waals surface area contributed by atoms with Gasteiger partial charge in [-0.25, -0.2) is 8.42 Å². The molecule has 0 aromatic heterocycles. The van der Waals surface area contributed by atoms with Gasteiger partial charge in [-0.15, -0.1) is 0 Å². The van der Waals surface area contributed by atoms with Crippen LogP contribution in [0.4, 0.5) is 5.69 Å². The third-order valence-corrected chi connectivity index (χ3v) is 7.33. The van der Waals surface area contributed by atoms with Gasteiger partial charge in [0.15, 0.2) is 6.10 Å². The van der Waals surface area contributed by atoms with Gasteiger partial charge in [-0.05, 0) is 68.3 Å². The summed E-state index contributed by atoms with van der Waals surface area (Å²) in [5.41, 5.74) is 2.23. The summed E-state index contributed by atoms with van der Waals surface area (Å²) < 4.78 is 37.7. The van der Waals surface area contributed by atoms with Crippen molar-refractivity contribution in [1.82, 2.24) is 4.31 Å². The normalized spacial score (nSPS) is 16.1. The van der Waals surface area contributed by atoms with Crippen LogP contribution in [-0.2, 0) is 19.6 Å². The number of hydrogen-bond donors (Lipinski definition) is 1. The Hall–Kier alpha value is -2.13. The van der Waals surface area contributed by atoms with Gasteiger partial charge in [0.25, 0.3) is 5.91 Å². The van der Waals surface area contributed by atoms with Crippen molar-refractivity contribution in [2.45, 2.75) is 31.8 Å². The molecule has 1 amide bonds. The van der Waals surface area contributed by atoms with E-state index in [9.17, 15) is 13.2 Å². The number of halogens is 1. The van der Waals surface area contributed by atoms with Gasteiger partial charge in [-0.1, -0.05) is 11.6 Å². The second kappa shape index (κ2) is 9.34. The first-order chi connectivity index (χ1) is 14.2. The van der Waals surface area contributed by atoms with Crippen molar-refractivity contribution in [2.24, 2.45) is 0 Å². The molecule has 2 aromatic carbocycles. The van der Waals surface area contributed by atoms with Crippen molar-refractivity contribution >= 4 is 33.2 Å². The van der Waals surface area contributed by atoms with Crippen molar-refractivity contribution in [2.75, 3.05) is 31.6 Å². The number of ether oxygens (including phenoxy) is 2. The molecule has 0 spiro atoms. The van der Waals surface area contributed by atoms with Crippen LogP contribution in [-0.4, -0.2) is 51.0 Å². The summed E-state index contributed by atoms with van der Waals surface area (Å²) in [4.78, 5) is 12.7. The molecule has 1 heterocycles. The maximum absolute atomic E-state index is 12.7. The molecule has 0 bridgehead atoms. The zero-order valence-electron chi connectivity index (χ0n) is 17.1. The molecule has 1 atom stereocenters. The average Bonchev–Trinajstić information content (AvgIpc) is 2.73. The van der Waals surface area contributed by atoms with Crippen LogP contribution < -0.4 is 10.1 Å². The number of hydrogen-bond acceptors (Lipinski definition) is 5. The number of nitrogens with zero attached hydrogens (tertiary/aromatic N) is 1. The number of carbonyl (C=O) groups excluding carboxylic acids is 1. The van der Waals surface area contributed by atoms with E-state index in [4.69, 9.17) is 21.1 Å². The SMILES string of the molecule is Cc1cc(OC(C)C(=O)Nc2ccc(S(=O)(=O)N3CCOCC3)cc2)cc(C)c1Cl. The predicted octanol–water partition coefficient (Wildman–Crippen LogP) is 3.38. The minimum atomic E-state index is -3.57. The molecule has 30 heavy (non-hydrogen) atoms. The minimum Gasteiger partial charge on any atom is -0.481 e. The van der Waals surface area contributed by atoms with E-state index in [2.05, 4.69) is 5.32 Å². The zero-order valence-corrected chi connectivity index (χ0v) is 18.7. The van der Waals surface area contributed by atoms with Gasteiger partial charge in [0.05, 0.1) is 18.1 Å². The van der Waals surface area contributed by atoms with E-state index in [1.165, 1.54) is 16.4 Å². The maximum atomic E-state index is 12.7. The van der Waals surface area contributed by atoms with Crippen LogP contribution in [0.1, 0.15) is 18.1 Å². The van der Waals surface area contributed by atoms with Crippen molar-refractivity contribution in [3.63, 3.8) is 0 Å². The number of aryl methyl sites for hydroxylation is 2. The first-order valence-corrected chi connectivity index (χ1v) is 11.4. The molecule has 3 rings (SSSR count). The fraction of sp³-hybridized carbons (Fsp3) is 0.381. The highest BCUT2D eigenvalue weighted by Gasteiger charge is 2.26. The highest BCUT2D eigenvalue weighted by molar-refractivity contribution is 7.89. The van der Waals surface area contributed by atoms with Gasteiger partial charge in [0.2, 0.25) is 10.0 Å². The summed E-state index contributed by atoms with van der Waals surface area (Å²) in [7, 11) is -3.57. The maximum Gasteiger partial charge on any atom is 0.265 e. The number of anilines is 1. The van der Waals surface area contributed by atoms with E-state index < -0.39 is 16.1 Å². The van der Waals surface area contributed by atoms with Gasteiger partial charge >= 0.3 is 0 Å². The van der Waals surface area contributed by atoms with Crippen LogP contribution in [0.5, 0.6) is 5.75 Å². The van der Waals surface area contributed by atoms with Crippen LogP contribution in [0, 0.1) is 13.8 Å². The molecule has 7 nitrogen and oxygen atoms in total. The lowest BCUT2D eigenvalue weighted by atomic mass is 10.1. The van der Waals surface area contributed by atoms with Crippen LogP contribution in [0.15, 0.2) is 41.3 Å². The van der Waals surface area contributed by atoms with E-state index in [1.807, 2.05) is 13.8 Å². The van der Waals surface area contributed by atoms with Crippen molar-refractivity contribution < 1.29 is 22.7 Å². The largest absolute Gasteiger partial charge is 0.481 e. The first-order valence-electron chi connectivity index (χ1n) is 9.60. The second-order valence-electron chi connectivity index (χ2n) is 7.16. The standard InChI is InChI=1S/C21H25ClN2O5S/c1-14-12-18(13-15(2)20(14)22)29-16(3)21(25)23-17-4-6-19(7-5-17)30(26,27)24-8-10-28-11-9-24/h4-7,12-13,16H,8-11H2,1-3H3,(H,23,25). The Morgan fingerprint density at radius 1 is 1.13 bits per heavy atom. The Kier molecular flexibility index (Phi) is 7.02. The molecule has 1 aliphatic rings. The van der Waals surface area contributed by atoms with E-state index in [1.54, 1.807) is 31.2 Å². The van der Waals surface area contributed by atoms with Gasteiger partial charge in [-0.3, -0.25) is 4.79 Å². The monoisotopic (exact) mass is 452 g/mol. The topological polar surface area (TPSA) is 84.9 Å². The molecule has 1 aliphatic heterocycles. The molecule has 1 unspecified atom stereocenters. The molecule has 0 aliphatic carbocycles. The van der Waals surface area contributed by atoms with Crippen LogP contribution in [0.2, 0.25) is 5.02 Å². The predicted molar refractivity (Wildman–Crippen MR) is 116 cm³/mol. The fourth-order valence-electron chi connectivity index (χ4n) is 3.12. The van der Waals surface area contributed by atoms with Gasteiger partial charge < -0.3 is 14.8 Å². The smallest absolute Gasteiger partial charge is 0.265 e. The van der Waals surface area contributed by atoms with Gasteiger partial charge in [0, 0.05) is 23.8 Å². The number of benzene rings is 2. The summed E-state index contributed by atoms with van der Waals surface area (Å²) in [5.74, 6) is 0.216. The highest BCUT2D eigenvalue weighted by Crippen LogP contribution is 2.26. The number of amides is 1. The summed E-state index contributed by atoms with van der Waals surface area (Å²) >= 11 is 6.16. The Balaban J connectivity index is 1.64. The summed E-state index contributed by atoms with van der Waals surface area (Å²) in [6.07, 6.45) is -0.748. The minimum absolute atomic E-state index is 0.179. The lowest BCUT2D eigenvalue weighted by Gasteiger charge is -2.26. The van der Waals surface area contributed by atoms with Gasteiger partial charge in [0.1, 0.15) is 5.75 Å². The molecule has 1 saturated heterocycles. The highest BCUT2D eigenvalue weighted by atomic mass is 35.5. The molecule has 0 saturated carbocycles. The summed E-state index contributed by atoms with van der Waals surface area (Å²) in [5, 5.41) is 3.42. The third-order valence-electron chi connectivity index (χ3n) is 4.82. The Morgan fingerprint density at radius 3 is 2.27 bits per heavy atom. The molecular weight excluding hydrogens is 428 g/mol. The Bertz CT molecular complexity index is 995. The van der Waals surface area contributed by atoms with E-state index in [0.717, 1.165) is 11.1 Å². The van der Waals surface area contributed by atoms with Crippen molar-refractivity contribution in [1.29, 1.82) is 0 Å². The van der Waals surface area contributed by atoms with Crippen LogP contribution in [0.3, 0.4) is 0 Å². The number of carbonyl (C=O) groups is 1. The first kappa shape index (κ1) is 22.6. The number of sulfonamides is 1. The summed E-state index contributed by atoms with van der Waals surface area (Å²) in [6, 6.07) is 9.66. The van der Waals surface area contributed by atoms with E-state index in [-0.39, 0.29) is 10.8 Å². The lowest BCUT2D eigenvalue weighted by Crippen LogP contribution is -2.40. The quantitative estimate of drug-likeness (QED) is 0.726. The average molecular weight is 453 g/mol. The van der Waals surface area contributed by atoms with Crippen LogP contribution in [0.25, 0.3) is 0 Å². The molecule has 0 radical (unpaired) electrons. The summed E-state index contributed by atoms with van der Waals surface area (Å²) in [6.45, 7) is 6.83. The third kappa shape index (κ3) is 5.13.